The molecule has 1 heterocycles. The molecule has 0 bridgehead atoms. The Hall–Kier alpha value is -1.58. The second kappa shape index (κ2) is 5.19. The summed E-state index contributed by atoms with van der Waals surface area (Å²) in [6, 6.07) is 3.06. The van der Waals surface area contributed by atoms with E-state index in [-0.39, 0.29) is 41.2 Å². The number of rotatable bonds is 2. The Labute approximate surface area is 122 Å². The highest BCUT2D eigenvalue weighted by Crippen LogP contribution is 2.41. The molecule has 0 aliphatic carbocycles. The van der Waals surface area contributed by atoms with Crippen LogP contribution in [0.25, 0.3) is 0 Å². The number of nitrogens with zero attached hydrogens (tertiary/aromatic N) is 2. The van der Waals surface area contributed by atoms with Crippen LogP contribution in [0.1, 0.15) is 6.42 Å². The van der Waals surface area contributed by atoms with Gasteiger partial charge in [0.25, 0.3) is 0 Å². The van der Waals surface area contributed by atoms with Crippen LogP contribution in [0.3, 0.4) is 0 Å². The first-order valence-corrected chi connectivity index (χ1v) is 6.51. The van der Waals surface area contributed by atoms with Crippen molar-refractivity contribution in [1.82, 2.24) is 0 Å². The van der Waals surface area contributed by atoms with Gasteiger partial charge in [-0.1, -0.05) is 11.6 Å². The summed E-state index contributed by atoms with van der Waals surface area (Å²) in [5.74, 6) is 2.03. The fourth-order valence-electron chi connectivity index (χ4n) is 1.97. The summed E-state index contributed by atoms with van der Waals surface area (Å²) in [5.41, 5.74) is -0.108. The van der Waals surface area contributed by atoms with E-state index in [9.17, 15) is 14.9 Å². The minimum atomic E-state index is -0.598. The number of terminal acetylenes is 1. The highest BCUT2D eigenvalue weighted by atomic mass is 79.9. The fourth-order valence-corrected chi connectivity index (χ4v) is 2.52. The van der Waals surface area contributed by atoms with Crippen molar-refractivity contribution >= 4 is 44.8 Å². The molecule has 19 heavy (non-hydrogen) atoms. The molecule has 98 valence electrons. The van der Waals surface area contributed by atoms with Crippen LogP contribution in [0.5, 0.6) is 0 Å². The van der Waals surface area contributed by atoms with Crippen LogP contribution in [0, 0.1) is 28.4 Å². The van der Waals surface area contributed by atoms with Crippen LogP contribution < -0.4 is 4.90 Å². The Morgan fingerprint density at radius 2 is 2.26 bits per heavy atom. The zero-order valence-corrected chi connectivity index (χ0v) is 11.9. The van der Waals surface area contributed by atoms with Crippen molar-refractivity contribution in [2.24, 2.45) is 5.92 Å². The molecule has 0 aromatic heterocycles. The van der Waals surface area contributed by atoms with Crippen molar-refractivity contribution in [2.75, 3.05) is 11.4 Å². The quantitative estimate of drug-likeness (QED) is 0.471. The van der Waals surface area contributed by atoms with Gasteiger partial charge in [0, 0.05) is 23.4 Å². The summed E-state index contributed by atoms with van der Waals surface area (Å²) in [5, 5.41) is 11.1. The van der Waals surface area contributed by atoms with E-state index in [1.165, 1.54) is 11.0 Å². The minimum absolute atomic E-state index is 0.0283. The Balaban J connectivity index is 2.52. The van der Waals surface area contributed by atoms with Crippen molar-refractivity contribution in [3.63, 3.8) is 0 Å². The van der Waals surface area contributed by atoms with E-state index in [0.29, 0.717) is 4.47 Å². The fraction of sp³-hybridized carbons (Fsp3) is 0.250. The van der Waals surface area contributed by atoms with Crippen molar-refractivity contribution in [1.29, 1.82) is 0 Å². The first kappa shape index (κ1) is 13.8. The van der Waals surface area contributed by atoms with Crippen LogP contribution in [0.15, 0.2) is 16.6 Å². The normalized spacial score (nSPS) is 18.5. The molecule has 1 saturated heterocycles. The third-order valence-corrected chi connectivity index (χ3v) is 4.15. The molecule has 2 rings (SSSR count). The molecule has 1 atom stereocenters. The largest absolute Gasteiger partial charge is 0.312 e. The minimum Gasteiger partial charge on any atom is -0.305 e. The van der Waals surface area contributed by atoms with Crippen LogP contribution >= 0.6 is 27.5 Å². The van der Waals surface area contributed by atoms with Crippen molar-refractivity contribution < 1.29 is 9.72 Å². The molecule has 0 N–H and O–H groups in total. The number of hydrogen-bond acceptors (Lipinski definition) is 3. The summed E-state index contributed by atoms with van der Waals surface area (Å²) < 4.78 is 0.407. The van der Waals surface area contributed by atoms with Crippen molar-refractivity contribution in [2.45, 2.75) is 6.42 Å². The number of benzene rings is 1. The third-order valence-electron chi connectivity index (χ3n) is 2.88. The Kier molecular flexibility index (Phi) is 3.78. The molecule has 1 aromatic rings. The number of nitro benzene ring substituents is 1. The Morgan fingerprint density at radius 1 is 1.58 bits per heavy atom. The first-order valence-electron chi connectivity index (χ1n) is 5.34. The molecule has 7 heteroatoms. The van der Waals surface area contributed by atoms with Gasteiger partial charge in [0.15, 0.2) is 0 Å². The van der Waals surface area contributed by atoms with Crippen LogP contribution in [0.2, 0.25) is 5.02 Å². The number of carbonyl (C=O) groups excluding carboxylic acids is 1. The highest BCUT2D eigenvalue weighted by molar-refractivity contribution is 9.10. The molecule has 1 unspecified atom stereocenters. The third kappa shape index (κ3) is 2.44. The molecule has 5 nitrogen and oxygen atoms in total. The maximum atomic E-state index is 11.9. The molecule has 1 amide bonds. The number of hydrogen-bond donors (Lipinski definition) is 0. The highest BCUT2D eigenvalue weighted by Gasteiger charge is 2.35. The van der Waals surface area contributed by atoms with E-state index in [2.05, 4.69) is 21.9 Å². The summed E-state index contributed by atoms with van der Waals surface area (Å²) >= 11 is 9.05. The average molecular weight is 344 g/mol. The topological polar surface area (TPSA) is 63.5 Å². The standard InChI is InChI=1S/C12H8BrClN2O3/c1-2-7-5-10(17)15(6-7)9-4-3-8(13)11(14)12(9)16(18)19/h1,3-4,7H,5-6H2. The lowest BCUT2D eigenvalue weighted by Gasteiger charge is -2.16. The maximum Gasteiger partial charge on any atom is 0.312 e. The van der Waals surface area contributed by atoms with Crippen LogP contribution in [-0.2, 0) is 4.79 Å². The van der Waals surface area contributed by atoms with Gasteiger partial charge in [0.1, 0.15) is 10.7 Å². The Morgan fingerprint density at radius 3 is 2.79 bits per heavy atom. The van der Waals surface area contributed by atoms with E-state index < -0.39 is 4.92 Å². The number of halogens is 2. The van der Waals surface area contributed by atoms with Gasteiger partial charge in [-0.2, -0.15) is 0 Å². The summed E-state index contributed by atoms with van der Waals surface area (Å²) in [6.07, 6.45) is 5.49. The SMILES string of the molecule is C#CC1CC(=O)N(c2ccc(Br)c(Cl)c2[N+](=O)[O-])C1. The molecule has 0 saturated carbocycles. The lowest BCUT2D eigenvalue weighted by molar-refractivity contribution is -0.384. The average Bonchev–Trinajstić information content (AvgIpc) is 2.73. The maximum absolute atomic E-state index is 11.9. The molecular formula is C12H8BrClN2O3. The van der Waals surface area contributed by atoms with Gasteiger partial charge in [-0.3, -0.25) is 14.9 Å². The first-order chi connectivity index (χ1) is 8.95. The van der Waals surface area contributed by atoms with E-state index in [1.54, 1.807) is 6.07 Å². The molecule has 1 fully saturated rings. The van der Waals surface area contributed by atoms with Gasteiger partial charge in [-0.15, -0.1) is 12.3 Å². The molecule has 1 aliphatic heterocycles. The molecule has 0 spiro atoms. The number of nitro groups is 1. The molecule has 1 aromatic carbocycles. The predicted octanol–water partition coefficient (Wildman–Crippen LogP) is 3.00. The van der Waals surface area contributed by atoms with Crippen molar-refractivity contribution in [3.8, 4) is 12.3 Å². The van der Waals surface area contributed by atoms with Gasteiger partial charge >= 0.3 is 5.69 Å². The summed E-state index contributed by atoms with van der Waals surface area (Å²) in [6.45, 7) is 0.272. The van der Waals surface area contributed by atoms with E-state index in [1.807, 2.05) is 0 Å². The second-order valence-electron chi connectivity index (χ2n) is 4.06. The summed E-state index contributed by atoms with van der Waals surface area (Å²) in [4.78, 5) is 23.7. The smallest absolute Gasteiger partial charge is 0.305 e. The number of anilines is 1. The number of carbonyl (C=O) groups is 1. The van der Waals surface area contributed by atoms with Crippen LogP contribution in [-0.4, -0.2) is 17.4 Å². The zero-order valence-electron chi connectivity index (χ0n) is 9.60. The van der Waals surface area contributed by atoms with Crippen LogP contribution in [0.4, 0.5) is 11.4 Å². The molecule has 0 radical (unpaired) electrons. The lowest BCUT2D eigenvalue weighted by Crippen LogP contribution is -2.25. The van der Waals surface area contributed by atoms with Gasteiger partial charge in [-0.25, -0.2) is 0 Å². The number of amides is 1. The predicted molar refractivity (Wildman–Crippen MR) is 75.1 cm³/mol. The monoisotopic (exact) mass is 342 g/mol. The van der Waals surface area contributed by atoms with E-state index in [4.69, 9.17) is 18.0 Å². The Bertz CT molecular complexity index is 612. The van der Waals surface area contributed by atoms with Gasteiger partial charge in [0.05, 0.1) is 4.92 Å². The van der Waals surface area contributed by atoms with E-state index in [0.717, 1.165) is 0 Å². The van der Waals surface area contributed by atoms with E-state index >= 15 is 0 Å². The van der Waals surface area contributed by atoms with Crippen molar-refractivity contribution in [3.05, 3.63) is 31.7 Å². The van der Waals surface area contributed by atoms with Gasteiger partial charge < -0.3 is 4.90 Å². The van der Waals surface area contributed by atoms with Gasteiger partial charge in [0.2, 0.25) is 5.91 Å². The zero-order chi connectivity index (χ0) is 14.2. The van der Waals surface area contributed by atoms with Gasteiger partial charge in [-0.05, 0) is 28.1 Å². The summed E-state index contributed by atoms with van der Waals surface area (Å²) in [7, 11) is 0. The molecular weight excluding hydrogens is 336 g/mol. The molecule has 1 aliphatic rings. The lowest BCUT2D eigenvalue weighted by atomic mass is 10.1. The second-order valence-corrected chi connectivity index (χ2v) is 5.29.